The summed E-state index contributed by atoms with van der Waals surface area (Å²) in [5.41, 5.74) is -0.870. The van der Waals surface area contributed by atoms with Crippen molar-refractivity contribution in [2.75, 3.05) is 6.61 Å². The SMILES string of the molecule is O=C(O)COc1cccc(C(F)(F)F)c1. The van der Waals surface area contributed by atoms with E-state index in [-0.39, 0.29) is 5.75 Å². The number of ether oxygens (including phenoxy) is 1. The van der Waals surface area contributed by atoms with Crippen LogP contribution in [0.1, 0.15) is 5.56 Å². The van der Waals surface area contributed by atoms with Gasteiger partial charge in [0.1, 0.15) is 5.75 Å². The zero-order valence-electron chi connectivity index (χ0n) is 7.41. The fourth-order valence-electron chi connectivity index (χ4n) is 0.907. The predicted octanol–water partition coefficient (Wildman–Crippen LogP) is 2.17. The van der Waals surface area contributed by atoms with Crippen LogP contribution in [0, 0.1) is 0 Å². The first kappa shape index (κ1) is 11.4. The molecule has 1 N–H and O–H groups in total. The standard InChI is InChI=1S/C9H7F3O3/c10-9(11,12)6-2-1-3-7(4-6)15-5-8(13)14/h1-4H,5H2,(H,13,14). The van der Waals surface area contributed by atoms with Crippen LogP contribution in [0.2, 0.25) is 0 Å². The van der Waals surface area contributed by atoms with E-state index in [1.165, 1.54) is 6.07 Å². The topological polar surface area (TPSA) is 46.5 Å². The van der Waals surface area contributed by atoms with Crippen LogP contribution >= 0.6 is 0 Å². The summed E-state index contributed by atoms with van der Waals surface area (Å²) in [7, 11) is 0. The second-order valence-electron chi connectivity index (χ2n) is 2.71. The molecule has 0 fully saturated rings. The summed E-state index contributed by atoms with van der Waals surface area (Å²) in [6.07, 6.45) is -4.46. The lowest BCUT2D eigenvalue weighted by Gasteiger charge is -2.08. The maximum Gasteiger partial charge on any atom is 0.416 e. The molecule has 1 aromatic carbocycles. The van der Waals surface area contributed by atoms with E-state index < -0.39 is 24.3 Å². The van der Waals surface area contributed by atoms with Crippen molar-refractivity contribution < 1.29 is 27.8 Å². The molecule has 3 nitrogen and oxygen atoms in total. The molecule has 1 rings (SSSR count). The number of carbonyl (C=O) groups is 1. The number of alkyl halides is 3. The Labute approximate surface area is 83.1 Å². The Bertz CT molecular complexity index is 360. The highest BCUT2D eigenvalue weighted by atomic mass is 19.4. The van der Waals surface area contributed by atoms with Gasteiger partial charge >= 0.3 is 12.1 Å². The summed E-state index contributed by atoms with van der Waals surface area (Å²) in [4.78, 5) is 10.1. The van der Waals surface area contributed by atoms with Crippen LogP contribution in [0.4, 0.5) is 13.2 Å². The van der Waals surface area contributed by atoms with Crippen LogP contribution in [-0.2, 0) is 11.0 Å². The molecule has 0 aliphatic rings. The summed E-state index contributed by atoms with van der Waals surface area (Å²) in [5.74, 6) is -1.36. The van der Waals surface area contributed by atoms with Gasteiger partial charge in [0.25, 0.3) is 0 Å². The Kier molecular flexibility index (Phi) is 3.18. The molecule has 0 aliphatic carbocycles. The zero-order chi connectivity index (χ0) is 11.5. The van der Waals surface area contributed by atoms with E-state index in [1.807, 2.05) is 0 Å². The molecule has 1 aromatic rings. The molecule has 0 saturated carbocycles. The number of hydrogen-bond donors (Lipinski definition) is 1. The number of halogens is 3. The average molecular weight is 220 g/mol. The van der Waals surface area contributed by atoms with Crippen molar-refractivity contribution >= 4 is 5.97 Å². The van der Waals surface area contributed by atoms with Crippen molar-refractivity contribution in [2.45, 2.75) is 6.18 Å². The smallest absolute Gasteiger partial charge is 0.416 e. The molecule has 0 bridgehead atoms. The molecule has 0 aliphatic heterocycles. The van der Waals surface area contributed by atoms with Crippen molar-refractivity contribution in [3.63, 3.8) is 0 Å². The summed E-state index contributed by atoms with van der Waals surface area (Å²) in [6, 6.07) is 4.05. The summed E-state index contributed by atoms with van der Waals surface area (Å²) in [6.45, 7) is -0.665. The molecular weight excluding hydrogens is 213 g/mol. The third-order valence-electron chi connectivity index (χ3n) is 1.52. The molecule has 0 amide bonds. The number of hydrogen-bond acceptors (Lipinski definition) is 2. The van der Waals surface area contributed by atoms with Crippen molar-refractivity contribution in [3.8, 4) is 5.75 Å². The molecule has 82 valence electrons. The van der Waals surface area contributed by atoms with Gasteiger partial charge in [-0.05, 0) is 18.2 Å². The van der Waals surface area contributed by atoms with Gasteiger partial charge in [-0.3, -0.25) is 0 Å². The first-order valence-corrected chi connectivity index (χ1v) is 3.91. The molecule has 0 spiro atoms. The number of carboxylic acids is 1. The maximum absolute atomic E-state index is 12.2. The lowest BCUT2D eigenvalue weighted by atomic mass is 10.2. The van der Waals surface area contributed by atoms with E-state index in [0.29, 0.717) is 0 Å². The highest BCUT2D eigenvalue weighted by Crippen LogP contribution is 2.31. The van der Waals surface area contributed by atoms with Gasteiger partial charge in [0.05, 0.1) is 5.56 Å². The third-order valence-corrected chi connectivity index (χ3v) is 1.52. The van der Waals surface area contributed by atoms with Crippen LogP contribution in [0.25, 0.3) is 0 Å². The Balaban J connectivity index is 2.79. The molecule has 6 heteroatoms. The molecule has 15 heavy (non-hydrogen) atoms. The normalized spacial score (nSPS) is 11.1. The van der Waals surface area contributed by atoms with E-state index >= 15 is 0 Å². The van der Waals surface area contributed by atoms with Crippen molar-refractivity contribution in [1.29, 1.82) is 0 Å². The monoisotopic (exact) mass is 220 g/mol. The number of rotatable bonds is 3. The van der Waals surface area contributed by atoms with Gasteiger partial charge in [-0.25, -0.2) is 4.79 Å². The molecule has 0 saturated heterocycles. The largest absolute Gasteiger partial charge is 0.482 e. The summed E-state index contributed by atoms with van der Waals surface area (Å²) >= 11 is 0. The van der Waals surface area contributed by atoms with Crippen LogP contribution in [0.5, 0.6) is 5.75 Å². The minimum absolute atomic E-state index is 0.118. The van der Waals surface area contributed by atoms with Gasteiger partial charge in [0.15, 0.2) is 6.61 Å². The lowest BCUT2D eigenvalue weighted by molar-refractivity contribution is -0.139. The van der Waals surface area contributed by atoms with Gasteiger partial charge < -0.3 is 9.84 Å². The van der Waals surface area contributed by atoms with Gasteiger partial charge in [0, 0.05) is 0 Å². The maximum atomic E-state index is 12.2. The van der Waals surface area contributed by atoms with Crippen LogP contribution < -0.4 is 4.74 Å². The Morgan fingerprint density at radius 2 is 2.07 bits per heavy atom. The first-order chi connectivity index (χ1) is 6.89. The minimum Gasteiger partial charge on any atom is -0.482 e. The van der Waals surface area contributed by atoms with Gasteiger partial charge in [-0.15, -0.1) is 0 Å². The van der Waals surface area contributed by atoms with E-state index in [1.54, 1.807) is 0 Å². The number of carboxylic acid groups (broad SMARTS) is 1. The van der Waals surface area contributed by atoms with Crippen molar-refractivity contribution in [3.05, 3.63) is 29.8 Å². The fourth-order valence-corrected chi connectivity index (χ4v) is 0.907. The Hall–Kier alpha value is -1.72. The third kappa shape index (κ3) is 3.49. The number of benzene rings is 1. The molecule has 0 unspecified atom stereocenters. The van der Waals surface area contributed by atoms with Gasteiger partial charge in [-0.2, -0.15) is 13.2 Å². The summed E-state index contributed by atoms with van der Waals surface area (Å²) in [5, 5.41) is 8.26. The predicted molar refractivity (Wildman–Crippen MR) is 44.6 cm³/mol. The quantitative estimate of drug-likeness (QED) is 0.849. The highest BCUT2D eigenvalue weighted by Gasteiger charge is 2.30. The van der Waals surface area contributed by atoms with E-state index in [2.05, 4.69) is 4.74 Å². The van der Waals surface area contributed by atoms with Crippen LogP contribution in [0.15, 0.2) is 24.3 Å². The molecule has 0 heterocycles. The average Bonchev–Trinajstić information content (AvgIpc) is 2.14. The second-order valence-corrected chi connectivity index (χ2v) is 2.71. The second kappa shape index (κ2) is 4.20. The van der Waals surface area contributed by atoms with Crippen molar-refractivity contribution in [2.24, 2.45) is 0 Å². The van der Waals surface area contributed by atoms with E-state index in [0.717, 1.165) is 18.2 Å². The fraction of sp³-hybridized carbons (Fsp3) is 0.222. The minimum atomic E-state index is -4.46. The number of aliphatic carboxylic acids is 1. The highest BCUT2D eigenvalue weighted by molar-refractivity contribution is 5.68. The molecular formula is C9H7F3O3. The van der Waals surface area contributed by atoms with Gasteiger partial charge in [-0.1, -0.05) is 6.07 Å². The van der Waals surface area contributed by atoms with Crippen LogP contribution in [-0.4, -0.2) is 17.7 Å². The van der Waals surface area contributed by atoms with Crippen molar-refractivity contribution in [1.82, 2.24) is 0 Å². The zero-order valence-corrected chi connectivity index (χ0v) is 7.41. The Morgan fingerprint density at radius 1 is 1.40 bits per heavy atom. The molecule has 0 aromatic heterocycles. The van der Waals surface area contributed by atoms with E-state index in [4.69, 9.17) is 5.11 Å². The van der Waals surface area contributed by atoms with Crippen LogP contribution in [0.3, 0.4) is 0 Å². The van der Waals surface area contributed by atoms with E-state index in [9.17, 15) is 18.0 Å². The first-order valence-electron chi connectivity index (χ1n) is 3.91. The summed E-state index contributed by atoms with van der Waals surface area (Å²) < 4.78 is 41.2. The molecule has 0 radical (unpaired) electrons. The lowest BCUT2D eigenvalue weighted by Crippen LogP contribution is -2.10. The molecule has 0 atom stereocenters. The Morgan fingerprint density at radius 3 is 2.60 bits per heavy atom. The van der Waals surface area contributed by atoms with Gasteiger partial charge in [0.2, 0.25) is 0 Å².